The molecule has 4 nitrogen and oxygen atoms in total. The molecule has 1 aliphatic rings. The third kappa shape index (κ3) is 2.26. The van der Waals surface area contributed by atoms with E-state index in [1.807, 2.05) is 19.1 Å². The van der Waals surface area contributed by atoms with Crippen LogP contribution in [0.4, 0.5) is 5.69 Å². The number of carbonyl (C=O) groups is 1. The van der Waals surface area contributed by atoms with Gasteiger partial charge in [-0.05, 0) is 31.9 Å². The van der Waals surface area contributed by atoms with E-state index in [2.05, 4.69) is 15.3 Å². The molecule has 3 rings (SSSR count). The lowest BCUT2D eigenvalue weighted by Gasteiger charge is -2.07. The molecule has 0 aliphatic heterocycles. The van der Waals surface area contributed by atoms with E-state index in [1.165, 1.54) is 24.2 Å². The molecule has 0 spiro atoms. The molecule has 18 heavy (non-hydrogen) atoms. The standard InChI is InChI=1S/C13H13N3OS/c1-8-15-7-11(18-8)13(17)16-10-3-2-6-14-12(10)9-4-5-9/h2-3,6-7,9H,4-5H2,1H3,(H,16,17). The van der Waals surface area contributed by atoms with Crippen molar-refractivity contribution in [1.29, 1.82) is 0 Å². The van der Waals surface area contributed by atoms with Gasteiger partial charge in [-0.15, -0.1) is 11.3 Å². The fraction of sp³-hybridized carbons (Fsp3) is 0.308. The molecule has 0 unspecified atom stereocenters. The van der Waals surface area contributed by atoms with E-state index in [9.17, 15) is 4.79 Å². The molecule has 1 amide bonds. The van der Waals surface area contributed by atoms with Crippen molar-refractivity contribution in [2.45, 2.75) is 25.7 Å². The zero-order chi connectivity index (χ0) is 12.5. The van der Waals surface area contributed by atoms with Crippen molar-refractivity contribution in [3.8, 4) is 0 Å². The summed E-state index contributed by atoms with van der Waals surface area (Å²) in [6, 6.07) is 3.76. The van der Waals surface area contributed by atoms with Crippen molar-refractivity contribution in [2.75, 3.05) is 5.32 Å². The summed E-state index contributed by atoms with van der Waals surface area (Å²) in [5, 5.41) is 3.83. The normalized spacial score (nSPS) is 14.5. The Labute approximate surface area is 109 Å². The summed E-state index contributed by atoms with van der Waals surface area (Å²) >= 11 is 1.40. The topological polar surface area (TPSA) is 54.9 Å². The van der Waals surface area contributed by atoms with Gasteiger partial charge >= 0.3 is 0 Å². The second-order valence-corrected chi connectivity index (χ2v) is 5.64. The van der Waals surface area contributed by atoms with E-state index >= 15 is 0 Å². The number of carbonyl (C=O) groups excluding carboxylic acids is 1. The van der Waals surface area contributed by atoms with Crippen molar-refractivity contribution in [3.63, 3.8) is 0 Å². The van der Waals surface area contributed by atoms with Gasteiger partial charge in [0.25, 0.3) is 5.91 Å². The second-order valence-electron chi connectivity index (χ2n) is 4.41. The zero-order valence-electron chi connectivity index (χ0n) is 10.0. The smallest absolute Gasteiger partial charge is 0.267 e. The molecule has 0 bridgehead atoms. The number of pyridine rings is 1. The molecular weight excluding hydrogens is 246 g/mol. The molecule has 2 aromatic heterocycles. The molecule has 92 valence electrons. The predicted molar refractivity (Wildman–Crippen MR) is 71.0 cm³/mol. The maximum absolute atomic E-state index is 12.1. The first-order chi connectivity index (χ1) is 8.74. The van der Waals surface area contributed by atoms with Gasteiger partial charge in [0.15, 0.2) is 0 Å². The van der Waals surface area contributed by atoms with Gasteiger partial charge in [-0.1, -0.05) is 0 Å². The summed E-state index contributed by atoms with van der Waals surface area (Å²) in [6.45, 7) is 1.89. The molecule has 1 saturated carbocycles. The molecular formula is C13H13N3OS. The van der Waals surface area contributed by atoms with E-state index in [0.29, 0.717) is 10.8 Å². The van der Waals surface area contributed by atoms with Gasteiger partial charge < -0.3 is 5.32 Å². The quantitative estimate of drug-likeness (QED) is 0.922. The lowest BCUT2D eigenvalue weighted by Crippen LogP contribution is -2.12. The lowest BCUT2D eigenvalue weighted by atomic mass is 10.2. The number of aryl methyl sites for hydroxylation is 1. The van der Waals surface area contributed by atoms with Crippen molar-refractivity contribution in [1.82, 2.24) is 9.97 Å². The van der Waals surface area contributed by atoms with E-state index in [-0.39, 0.29) is 5.91 Å². The molecule has 1 N–H and O–H groups in total. The SMILES string of the molecule is Cc1ncc(C(=O)Nc2cccnc2C2CC2)s1. The van der Waals surface area contributed by atoms with E-state index in [4.69, 9.17) is 0 Å². The average Bonchev–Trinajstić information content (AvgIpc) is 3.12. The van der Waals surface area contributed by atoms with E-state index < -0.39 is 0 Å². The Kier molecular flexibility index (Phi) is 2.83. The first kappa shape index (κ1) is 11.3. The van der Waals surface area contributed by atoms with Crippen LogP contribution in [-0.2, 0) is 0 Å². The number of hydrogen-bond donors (Lipinski definition) is 1. The Morgan fingerprint density at radius 1 is 1.44 bits per heavy atom. The van der Waals surface area contributed by atoms with Crippen molar-refractivity contribution in [2.24, 2.45) is 0 Å². The van der Waals surface area contributed by atoms with Gasteiger partial charge in [-0.25, -0.2) is 4.98 Å². The molecule has 0 saturated heterocycles. The van der Waals surface area contributed by atoms with Crippen LogP contribution in [-0.4, -0.2) is 15.9 Å². The minimum Gasteiger partial charge on any atom is -0.320 e. The molecule has 0 aromatic carbocycles. The van der Waals surface area contributed by atoms with Crippen LogP contribution in [0.25, 0.3) is 0 Å². The Bertz CT molecular complexity index is 589. The molecule has 1 aliphatic carbocycles. The van der Waals surface area contributed by atoms with Crippen LogP contribution in [0.15, 0.2) is 24.5 Å². The minimum atomic E-state index is -0.101. The highest BCUT2D eigenvalue weighted by atomic mass is 32.1. The van der Waals surface area contributed by atoms with Gasteiger partial charge in [0, 0.05) is 12.1 Å². The minimum absolute atomic E-state index is 0.101. The third-order valence-electron chi connectivity index (χ3n) is 2.90. The first-order valence-corrected chi connectivity index (χ1v) is 6.74. The van der Waals surface area contributed by atoms with Crippen LogP contribution in [0.1, 0.15) is 39.1 Å². The number of rotatable bonds is 3. The number of thiazole rings is 1. The number of hydrogen-bond acceptors (Lipinski definition) is 4. The molecule has 1 fully saturated rings. The van der Waals surface area contributed by atoms with Crippen LogP contribution >= 0.6 is 11.3 Å². The van der Waals surface area contributed by atoms with Gasteiger partial charge in [0.05, 0.1) is 22.6 Å². The maximum Gasteiger partial charge on any atom is 0.267 e. The molecule has 0 atom stereocenters. The number of anilines is 1. The van der Waals surface area contributed by atoms with Crippen LogP contribution < -0.4 is 5.32 Å². The fourth-order valence-electron chi connectivity index (χ4n) is 1.86. The largest absolute Gasteiger partial charge is 0.320 e. The van der Waals surface area contributed by atoms with Crippen LogP contribution in [0.3, 0.4) is 0 Å². The van der Waals surface area contributed by atoms with E-state index in [1.54, 1.807) is 12.4 Å². The number of aromatic nitrogens is 2. The molecule has 5 heteroatoms. The van der Waals surface area contributed by atoms with Crippen LogP contribution in [0.2, 0.25) is 0 Å². The molecule has 2 aromatic rings. The lowest BCUT2D eigenvalue weighted by molar-refractivity contribution is 0.103. The van der Waals surface area contributed by atoms with Crippen LogP contribution in [0, 0.1) is 6.92 Å². The van der Waals surface area contributed by atoms with Crippen molar-refractivity contribution in [3.05, 3.63) is 40.1 Å². The summed E-state index contributed by atoms with van der Waals surface area (Å²) in [5.41, 5.74) is 1.84. The Morgan fingerprint density at radius 3 is 2.94 bits per heavy atom. The predicted octanol–water partition coefficient (Wildman–Crippen LogP) is 2.98. The molecule has 0 radical (unpaired) electrons. The van der Waals surface area contributed by atoms with Gasteiger partial charge in [-0.2, -0.15) is 0 Å². The Hall–Kier alpha value is -1.75. The highest BCUT2D eigenvalue weighted by Crippen LogP contribution is 2.42. The monoisotopic (exact) mass is 259 g/mol. The summed E-state index contributed by atoms with van der Waals surface area (Å²) in [4.78, 5) is 21.1. The number of nitrogens with zero attached hydrogens (tertiary/aromatic N) is 2. The summed E-state index contributed by atoms with van der Waals surface area (Å²) in [7, 11) is 0. The highest BCUT2D eigenvalue weighted by Gasteiger charge is 2.28. The van der Waals surface area contributed by atoms with Gasteiger partial charge in [0.2, 0.25) is 0 Å². The summed E-state index contributed by atoms with van der Waals surface area (Å²) < 4.78 is 0. The summed E-state index contributed by atoms with van der Waals surface area (Å²) in [5.74, 6) is 0.417. The fourth-order valence-corrected chi connectivity index (χ4v) is 2.53. The van der Waals surface area contributed by atoms with E-state index in [0.717, 1.165) is 16.4 Å². The van der Waals surface area contributed by atoms with Crippen molar-refractivity contribution >= 4 is 22.9 Å². The number of amides is 1. The van der Waals surface area contributed by atoms with Gasteiger partial charge in [-0.3, -0.25) is 9.78 Å². The van der Waals surface area contributed by atoms with Gasteiger partial charge in [0.1, 0.15) is 4.88 Å². The Morgan fingerprint density at radius 2 is 2.28 bits per heavy atom. The second kappa shape index (κ2) is 4.49. The average molecular weight is 259 g/mol. The maximum atomic E-state index is 12.1. The third-order valence-corrected chi connectivity index (χ3v) is 3.81. The summed E-state index contributed by atoms with van der Waals surface area (Å²) in [6.07, 6.45) is 5.72. The zero-order valence-corrected chi connectivity index (χ0v) is 10.8. The molecule has 2 heterocycles. The first-order valence-electron chi connectivity index (χ1n) is 5.93. The Balaban J connectivity index is 1.82. The van der Waals surface area contributed by atoms with Crippen LogP contribution in [0.5, 0.6) is 0 Å². The highest BCUT2D eigenvalue weighted by molar-refractivity contribution is 7.13. The van der Waals surface area contributed by atoms with Crippen molar-refractivity contribution < 1.29 is 4.79 Å². The number of nitrogens with one attached hydrogen (secondary N) is 1.